The lowest BCUT2D eigenvalue weighted by atomic mass is 10.0. The van der Waals surface area contributed by atoms with Crippen LogP contribution in [-0.4, -0.2) is 47.5 Å². The van der Waals surface area contributed by atoms with Crippen molar-refractivity contribution in [2.45, 2.75) is 11.8 Å². The lowest BCUT2D eigenvalue weighted by Gasteiger charge is -2.21. The SMILES string of the molecule is CCN(CCO)S(=O)(=O)c1cc(F)c(F)cc1-c1ccc2ncncc2c1. The average molecular weight is 393 g/mol. The number of aliphatic hydroxyl groups excluding tert-OH is 1. The van der Waals surface area contributed by atoms with Gasteiger partial charge in [0.25, 0.3) is 0 Å². The van der Waals surface area contributed by atoms with E-state index in [2.05, 4.69) is 9.97 Å². The smallest absolute Gasteiger partial charge is 0.243 e. The largest absolute Gasteiger partial charge is 0.395 e. The van der Waals surface area contributed by atoms with Gasteiger partial charge in [0, 0.05) is 30.2 Å². The van der Waals surface area contributed by atoms with Gasteiger partial charge in [0.2, 0.25) is 10.0 Å². The van der Waals surface area contributed by atoms with Crippen LogP contribution in [0.3, 0.4) is 0 Å². The highest BCUT2D eigenvalue weighted by atomic mass is 32.2. The van der Waals surface area contributed by atoms with Crippen LogP contribution in [-0.2, 0) is 10.0 Å². The second kappa shape index (κ2) is 7.63. The van der Waals surface area contributed by atoms with Gasteiger partial charge in [0.05, 0.1) is 17.0 Å². The summed E-state index contributed by atoms with van der Waals surface area (Å²) in [6.45, 7) is 1.13. The Morgan fingerprint density at radius 2 is 1.89 bits per heavy atom. The highest BCUT2D eigenvalue weighted by Gasteiger charge is 2.28. The van der Waals surface area contributed by atoms with Crippen molar-refractivity contribution in [3.05, 3.63) is 54.5 Å². The van der Waals surface area contributed by atoms with Crippen molar-refractivity contribution in [1.82, 2.24) is 14.3 Å². The van der Waals surface area contributed by atoms with Gasteiger partial charge in [-0.15, -0.1) is 0 Å². The number of halogens is 2. The van der Waals surface area contributed by atoms with Gasteiger partial charge in [-0.3, -0.25) is 0 Å². The highest BCUT2D eigenvalue weighted by Crippen LogP contribution is 2.33. The molecule has 3 rings (SSSR count). The molecule has 0 fully saturated rings. The fraction of sp³-hybridized carbons (Fsp3) is 0.222. The molecule has 2 aromatic carbocycles. The van der Waals surface area contributed by atoms with Crippen molar-refractivity contribution in [1.29, 1.82) is 0 Å². The van der Waals surface area contributed by atoms with E-state index in [-0.39, 0.29) is 30.2 Å². The van der Waals surface area contributed by atoms with Gasteiger partial charge in [0.1, 0.15) is 6.33 Å². The number of nitrogens with zero attached hydrogens (tertiary/aromatic N) is 3. The van der Waals surface area contributed by atoms with Crippen molar-refractivity contribution < 1.29 is 22.3 Å². The van der Waals surface area contributed by atoms with Gasteiger partial charge in [0.15, 0.2) is 11.6 Å². The lowest BCUT2D eigenvalue weighted by Crippen LogP contribution is -2.33. The van der Waals surface area contributed by atoms with Crippen molar-refractivity contribution in [2.75, 3.05) is 19.7 Å². The van der Waals surface area contributed by atoms with Gasteiger partial charge in [-0.25, -0.2) is 27.2 Å². The molecular formula is C18H17F2N3O3S. The molecule has 9 heteroatoms. The summed E-state index contributed by atoms with van der Waals surface area (Å²) in [4.78, 5) is 7.63. The van der Waals surface area contributed by atoms with E-state index in [1.54, 1.807) is 31.3 Å². The Kier molecular flexibility index (Phi) is 5.45. The summed E-state index contributed by atoms with van der Waals surface area (Å²) in [7, 11) is -4.15. The average Bonchev–Trinajstić information content (AvgIpc) is 2.67. The van der Waals surface area contributed by atoms with Gasteiger partial charge in [-0.1, -0.05) is 13.0 Å². The molecule has 0 amide bonds. The Bertz CT molecular complexity index is 1090. The van der Waals surface area contributed by atoms with Crippen LogP contribution in [0.5, 0.6) is 0 Å². The minimum Gasteiger partial charge on any atom is -0.395 e. The summed E-state index contributed by atoms with van der Waals surface area (Å²) in [5.41, 5.74) is 1.04. The first-order valence-corrected chi connectivity index (χ1v) is 9.62. The van der Waals surface area contributed by atoms with Crippen LogP contribution in [0.25, 0.3) is 22.0 Å². The van der Waals surface area contributed by atoms with Crippen molar-refractivity contribution in [2.24, 2.45) is 0 Å². The zero-order valence-electron chi connectivity index (χ0n) is 14.4. The number of sulfonamides is 1. The van der Waals surface area contributed by atoms with Crippen LogP contribution in [0.4, 0.5) is 8.78 Å². The Morgan fingerprint density at radius 3 is 2.59 bits per heavy atom. The molecule has 0 saturated carbocycles. The molecule has 0 radical (unpaired) electrons. The number of fused-ring (bicyclic) bond motifs is 1. The fourth-order valence-corrected chi connectivity index (χ4v) is 4.47. The van der Waals surface area contributed by atoms with E-state index in [0.717, 1.165) is 10.4 Å². The van der Waals surface area contributed by atoms with Crippen LogP contribution in [0.15, 0.2) is 47.8 Å². The van der Waals surface area contributed by atoms with Crippen LogP contribution >= 0.6 is 0 Å². The quantitative estimate of drug-likeness (QED) is 0.696. The molecule has 142 valence electrons. The van der Waals surface area contributed by atoms with E-state index in [4.69, 9.17) is 5.11 Å². The number of aliphatic hydroxyl groups is 1. The molecule has 0 saturated heterocycles. The Labute approximate surface area is 155 Å². The number of hydrogen-bond donors (Lipinski definition) is 1. The van der Waals surface area contributed by atoms with Crippen LogP contribution in [0.2, 0.25) is 0 Å². The van der Waals surface area contributed by atoms with Gasteiger partial charge in [-0.2, -0.15) is 4.31 Å². The molecule has 0 aliphatic rings. The maximum atomic E-state index is 13.9. The van der Waals surface area contributed by atoms with E-state index in [0.29, 0.717) is 22.5 Å². The molecule has 27 heavy (non-hydrogen) atoms. The zero-order valence-corrected chi connectivity index (χ0v) is 15.2. The van der Waals surface area contributed by atoms with E-state index < -0.39 is 21.7 Å². The first-order chi connectivity index (χ1) is 12.9. The molecule has 0 bridgehead atoms. The molecule has 0 spiro atoms. The summed E-state index contributed by atoms with van der Waals surface area (Å²) < 4.78 is 54.8. The topological polar surface area (TPSA) is 83.4 Å². The van der Waals surface area contributed by atoms with Gasteiger partial charge in [-0.05, 0) is 29.8 Å². The summed E-state index contributed by atoms with van der Waals surface area (Å²) in [5, 5.41) is 9.76. The first-order valence-electron chi connectivity index (χ1n) is 8.18. The van der Waals surface area contributed by atoms with Crippen LogP contribution in [0, 0.1) is 11.6 Å². The minimum atomic E-state index is -4.15. The third kappa shape index (κ3) is 3.66. The van der Waals surface area contributed by atoms with E-state index in [9.17, 15) is 17.2 Å². The zero-order chi connectivity index (χ0) is 19.6. The molecule has 0 atom stereocenters. The lowest BCUT2D eigenvalue weighted by molar-refractivity contribution is 0.257. The number of rotatable bonds is 6. The maximum Gasteiger partial charge on any atom is 0.243 e. The summed E-state index contributed by atoms with van der Waals surface area (Å²) in [5.74, 6) is -2.42. The molecule has 0 aliphatic heterocycles. The molecule has 0 aliphatic carbocycles. The maximum absolute atomic E-state index is 13.9. The Balaban J connectivity index is 2.24. The second-order valence-electron chi connectivity index (χ2n) is 5.78. The summed E-state index contributed by atoms with van der Waals surface area (Å²) in [6, 6.07) is 6.38. The monoisotopic (exact) mass is 393 g/mol. The highest BCUT2D eigenvalue weighted by molar-refractivity contribution is 7.89. The van der Waals surface area contributed by atoms with Gasteiger partial charge >= 0.3 is 0 Å². The molecule has 1 heterocycles. The Hall–Kier alpha value is -2.49. The molecule has 3 aromatic rings. The van der Waals surface area contributed by atoms with Gasteiger partial charge < -0.3 is 5.11 Å². The molecule has 1 N–H and O–H groups in total. The predicted octanol–water partition coefficient (Wildman–Crippen LogP) is 2.58. The van der Waals surface area contributed by atoms with Crippen molar-refractivity contribution >= 4 is 20.9 Å². The molecule has 1 aromatic heterocycles. The summed E-state index contributed by atoms with van der Waals surface area (Å²) >= 11 is 0. The number of hydrogen-bond acceptors (Lipinski definition) is 5. The number of aromatic nitrogens is 2. The predicted molar refractivity (Wildman–Crippen MR) is 96.4 cm³/mol. The number of likely N-dealkylation sites (N-methyl/N-ethyl adjacent to an activating group) is 1. The van der Waals surface area contributed by atoms with Crippen LogP contribution in [0.1, 0.15) is 6.92 Å². The molecule has 0 unspecified atom stereocenters. The van der Waals surface area contributed by atoms with E-state index in [1.165, 1.54) is 6.33 Å². The third-order valence-corrected chi connectivity index (χ3v) is 6.17. The van der Waals surface area contributed by atoms with E-state index in [1.807, 2.05) is 0 Å². The normalized spacial score (nSPS) is 12.0. The van der Waals surface area contributed by atoms with Crippen LogP contribution < -0.4 is 0 Å². The van der Waals surface area contributed by atoms with E-state index >= 15 is 0 Å². The fourth-order valence-electron chi connectivity index (χ4n) is 2.82. The number of benzene rings is 2. The standard InChI is InChI=1S/C18H17F2N3O3S/c1-2-23(5-6-24)27(25,26)18-9-16(20)15(19)8-14(18)12-3-4-17-13(7-12)10-21-11-22-17/h3-4,7-11,24H,2,5-6H2,1H3. The molecular weight excluding hydrogens is 376 g/mol. The first kappa shape index (κ1) is 19.3. The van der Waals surface area contributed by atoms with Crippen molar-refractivity contribution in [3.8, 4) is 11.1 Å². The third-order valence-electron chi connectivity index (χ3n) is 4.16. The second-order valence-corrected chi connectivity index (χ2v) is 7.69. The van der Waals surface area contributed by atoms with Crippen molar-refractivity contribution in [3.63, 3.8) is 0 Å². The molecule has 6 nitrogen and oxygen atoms in total. The Morgan fingerprint density at radius 1 is 1.15 bits per heavy atom. The minimum absolute atomic E-state index is 0.0241. The summed E-state index contributed by atoms with van der Waals surface area (Å²) in [6.07, 6.45) is 2.92.